The van der Waals surface area contributed by atoms with Crippen molar-refractivity contribution >= 4 is 34.6 Å². The maximum absolute atomic E-state index is 12.2. The molecule has 1 aliphatic rings. The average Bonchev–Trinajstić information content (AvgIpc) is 3.07. The summed E-state index contributed by atoms with van der Waals surface area (Å²) in [6, 6.07) is 0.0649. The number of fused-ring (bicyclic) bond motifs is 1. The Morgan fingerprint density at radius 3 is 3.10 bits per heavy atom. The van der Waals surface area contributed by atoms with Gasteiger partial charge in [0, 0.05) is 23.8 Å². The van der Waals surface area contributed by atoms with E-state index in [9.17, 15) is 9.59 Å². The average molecular weight is 329 g/mol. The smallest absolute Gasteiger partial charge is 0.271 e. The summed E-state index contributed by atoms with van der Waals surface area (Å²) in [4.78, 5) is 29.2. The molecule has 8 heteroatoms. The van der Waals surface area contributed by atoms with Crippen molar-refractivity contribution < 1.29 is 4.79 Å². The summed E-state index contributed by atoms with van der Waals surface area (Å²) in [6.07, 6.45) is 6.00. The van der Waals surface area contributed by atoms with Crippen molar-refractivity contribution in [2.75, 3.05) is 6.54 Å². The van der Waals surface area contributed by atoms with Crippen molar-refractivity contribution in [3.05, 3.63) is 33.7 Å². The molecule has 1 fully saturated rings. The number of nitrogens with one attached hydrogen (secondary N) is 1. The van der Waals surface area contributed by atoms with Gasteiger partial charge in [0.2, 0.25) is 0 Å². The minimum atomic E-state index is -0.353. The van der Waals surface area contributed by atoms with Gasteiger partial charge in [0.25, 0.3) is 11.5 Å². The van der Waals surface area contributed by atoms with Crippen LogP contribution < -0.4 is 16.6 Å². The molecular weight excluding hydrogens is 312 g/mol. The molecule has 0 radical (unpaired) electrons. The molecule has 0 spiro atoms. The van der Waals surface area contributed by atoms with Crippen LogP contribution in [0.25, 0.3) is 4.96 Å². The summed E-state index contributed by atoms with van der Waals surface area (Å²) < 4.78 is 1.40. The fourth-order valence-corrected chi connectivity index (χ4v) is 3.41. The first-order valence-electron chi connectivity index (χ1n) is 6.66. The van der Waals surface area contributed by atoms with Crippen LogP contribution >= 0.6 is 23.7 Å². The highest BCUT2D eigenvalue weighted by molar-refractivity contribution is 7.15. The number of aromatic nitrogens is 2. The Labute approximate surface area is 131 Å². The van der Waals surface area contributed by atoms with E-state index in [1.165, 1.54) is 21.9 Å². The third kappa shape index (κ3) is 2.95. The molecular formula is C13H17ClN4O2S. The molecule has 6 nitrogen and oxygen atoms in total. The topological polar surface area (TPSA) is 89.5 Å². The van der Waals surface area contributed by atoms with Crippen LogP contribution in [0.3, 0.4) is 0 Å². The van der Waals surface area contributed by atoms with Crippen molar-refractivity contribution in [2.24, 2.45) is 11.7 Å². The lowest BCUT2D eigenvalue weighted by Crippen LogP contribution is -2.42. The molecule has 3 N–H and O–H groups in total. The standard InChI is InChI=1S/C13H16N4O2S.ClH/c14-6-8-2-1-3-10(8)16-11(18)9-7-15-13-17(12(9)19)4-5-20-13;/h4-5,7-8,10H,1-3,6,14H2,(H,16,18);1H. The lowest BCUT2D eigenvalue weighted by Gasteiger charge is -2.19. The SMILES string of the molecule is Cl.NCC1CCCC1NC(=O)c1cnc2sccn2c1=O. The molecule has 1 amide bonds. The first-order valence-corrected chi connectivity index (χ1v) is 7.54. The first-order chi connectivity index (χ1) is 9.70. The van der Waals surface area contributed by atoms with E-state index in [0.717, 1.165) is 19.3 Å². The molecule has 2 aromatic heterocycles. The van der Waals surface area contributed by atoms with E-state index in [1.54, 1.807) is 11.6 Å². The molecule has 21 heavy (non-hydrogen) atoms. The molecule has 0 bridgehead atoms. The van der Waals surface area contributed by atoms with Crippen molar-refractivity contribution in [2.45, 2.75) is 25.3 Å². The van der Waals surface area contributed by atoms with E-state index in [4.69, 9.17) is 5.73 Å². The van der Waals surface area contributed by atoms with Gasteiger partial charge in [-0.15, -0.1) is 23.7 Å². The maximum Gasteiger partial charge on any atom is 0.271 e. The molecule has 0 aromatic carbocycles. The number of carbonyl (C=O) groups excluding carboxylic acids is 1. The number of nitrogens with zero attached hydrogens (tertiary/aromatic N) is 2. The van der Waals surface area contributed by atoms with Crippen LogP contribution in [-0.2, 0) is 0 Å². The molecule has 2 aromatic rings. The van der Waals surface area contributed by atoms with Gasteiger partial charge in [-0.2, -0.15) is 0 Å². The van der Waals surface area contributed by atoms with Gasteiger partial charge in [-0.1, -0.05) is 6.42 Å². The molecule has 2 atom stereocenters. The number of halogens is 1. The monoisotopic (exact) mass is 328 g/mol. The number of hydrogen-bond donors (Lipinski definition) is 2. The van der Waals surface area contributed by atoms with E-state index in [1.807, 2.05) is 0 Å². The largest absolute Gasteiger partial charge is 0.349 e. The predicted octanol–water partition coefficient (Wildman–Crippen LogP) is 1.03. The van der Waals surface area contributed by atoms with Gasteiger partial charge in [0.15, 0.2) is 4.96 Å². The van der Waals surface area contributed by atoms with Crippen LogP contribution in [0.5, 0.6) is 0 Å². The molecule has 2 heterocycles. The molecule has 0 aliphatic heterocycles. The van der Waals surface area contributed by atoms with E-state index in [0.29, 0.717) is 17.4 Å². The fourth-order valence-electron chi connectivity index (χ4n) is 2.74. The van der Waals surface area contributed by atoms with Crippen LogP contribution in [0, 0.1) is 5.92 Å². The Bertz CT molecular complexity index is 699. The van der Waals surface area contributed by atoms with Gasteiger partial charge in [-0.05, 0) is 25.3 Å². The van der Waals surface area contributed by atoms with Gasteiger partial charge >= 0.3 is 0 Å². The Hall–Kier alpha value is -1.44. The number of hydrogen-bond acceptors (Lipinski definition) is 5. The van der Waals surface area contributed by atoms with Gasteiger partial charge in [-0.3, -0.25) is 14.0 Å². The van der Waals surface area contributed by atoms with E-state index < -0.39 is 0 Å². The Kier molecular flexibility index (Phi) is 4.97. The van der Waals surface area contributed by atoms with Crippen LogP contribution in [0.4, 0.5) is 0 Å². The Morgan fingerprint density at radius 1 is 1.52 bits per heavy atom. The zero-order valence-electron chi connectivity index (χ0n) is 11.3. The van der Waals surface area contributed by atoms with Crippen molar-refractivity contribution in [3.8, 4) is 0 Å². The predicted molar refractivity (Wildman–Crippen MR) is 84.2 cm³/mol. The van der Waals surface area contributed by atoms with Crippen LogP contribution in [0.2, 0.25) is 0 Å². The van der Waals surface area contributed by atoms with Crippen molar-refractivity contribution in [1.29, 1.82) is 0 Å². The van der Waals surface area contributed by atoms with Crippen molar-refractivity contribution in [1.82, 2.24) is 14.7 Å². The number of carbonyl (C=O) groups is 1. The summed E-state index contributed by atoms with van der Waals surface area (Å²) >= 11 is 1.36. The lowest BCUT2D eigenvalue weighted by molar-refractivity contribution is 0.0926. The number of rotatable bonds is 3. The second-order valence-corrected chi connectivity index (χ2v) is 5.91. The number of nitrogens with two attached hydrogens (primary N) is 1. The van der Waals surface area contributed by atoms with Crippen LogP contribution in [-0.4, -0.2) is 27.9 Å². The highest BCUT2D eigenvalue weighted by Gasteiger charge is 2.28. The zero-order chi connectivity index (χ0) is 14.1. The minimum absolute atomic E-state index is 0. The van der Waals surface area contributed by atoms with Gasteiger partial charge in [-0.25, -0.2) is 4.98 Å². The molecule has 1 saturated carbocycles. The fraction of sp³-hybridized carbons (Fsp3) is 0.462. The zero-order valence-corrected chi connectivity index (χ0v) is 13.0. The summed E-state index contributed by atoms with van der Waals surface area (Å²) in [7, 11) is 0. The third-order valence-electron chi connectivity index (χ3n) is 3.87. The normalized spacial score (nSPS) is 21.2. The Morgan fingerprint density at radius 2 is 2.33 bits per heavy atom. The third-order valence-corrected chi connectivity index (χ3v) is 4.64. The molecule has 0 saturated heterocycles. The molecule has 2 unspecified atom stereocenters. The number of thiazole rings is 1. The van der Waals surface area contributed by atoms with Crippen molar-refractivity contribution in [3.63, 3.8) is 0 Å². The highest BCUT2D eigenvalue weighted by atomic mass is 35.5. The van der Waals surface area contributed by atoms with Crippen LogP contribution in [0.15, 0.2) is 22.6 Å². The highest BCUT2D eigenvalue weighted by Crippen LogP contribution is 2.24. The lowest BCUT2D eigenvalue weighted by atomic mass is 10.0. The van der Waals surface area contributed by atoms with Gasteiger partial charge in [0.1, 0.15) is 5.56 Å². The van der Waals surface area contributed by atoms with Gasteiger partial charge < -0.3 is 11.1 Å². The number of amides is 1. The van der Waals surface area contributed by atoms with Gasteiger partial charge in [0.05, 0.1) is 0 Å². The molecule has 1 aliphatic carbocycles. The first kappa shape index (κ1) is 15.9. The molecule has 3 rings (SSSR count). The van der Waals surface area contributed by atoms with E-state index >= 15 is 0 Å². The maximum atomic E-state index is 12.2. The summed E-state index contributed by atoms with van der Waals surface area (Å²) in [5, 5.41) is 4.70. The molecule has 114 valence electrons. The summed E-state index contributed by atoms with van der Waals surface area (Å²) in [6.45, 7) is 0.561. The second-order valence-electron chi connectivity index (χ2n) is 5.04. The van der Waals surface area contributed by atoms with E-state index in [2.05, 4.69) is 10.3 Å². The van der Waals surface area contributed by atoms with E-state index in [-0.39, 0.29) is 35.5 Å². The second kappa shape index (κ2) is 6.55. The summed E-state index contributed by atoms with van der Waals surface area (Å²) in [5.74, 6) is -0.0482. The quantitative estimate of drug-likeness (QED) is 0.880. The Balaban J connectivity index is 0.00000161. The minimum Gasteiger partial charge on any atom is -0.349 e. The summed E-state index contributed by atoms with van der Waals surface area (Å²) in [5.41, 5.74) is 5.46. The van der Waals surface area contributed by atoms with Crippen LogP contribution in [0.1, 0.15) is 29.6 Å².